The van der Waals surface area contributed by atoms with Crippen molar-refractivity contribution in [3.8, 4) is 22.6 Å². The van der Waals surface area contributed by atoms with Gasteiger partial charge in [-0.2, -0.15) is 0 Å². The van der Waals surface area contributed by atoms with Gasteiger partial charge in [0, 0.05) is 23.1 Å². The van der Waals surface area contributed by atoms with Crippen molar-refractivity contribution < 1.29 is 32.2 Å². The van der Waals surface area contributed by atoms with Crippen LogP contribution in [0.5, 0.6) is 11.5 Å². The number of benzene rings is 2. The second kappa shape index (κ2) is 8.93. The Morgan fingerprint density at radius 1 is 1.14 bits per heavy atom. The molecule has 3 saturated heterocycles. The Labute approximate surface area is 202 Å². The van der Waals surface area contributed by atoms with E-state index in [1.54, 1.807) is 30.3 Å². The Balaban J connectivity index is 1.37. The number of fused-ring (bicyclic) bond motifs is 4. The van der Waals surface area contributed by atoms with E-state index in [1.807, 2.05) is 13.8 Å². The summed E-state index contributed by atoms with van der Waals surface area (Å²) >= 11 is 0. The van der Waals surface area contributed by atoms with E-state index >= 15 is 0 Å². The molecular weight excluding hydrogens is 461 g/mol. The van der Waals surface area contributed by atoms with Crippen LogP contribution >= 0.6 is 0 Å². The summed E-state index contributed by atoms with van der Waals surface area (Å²) in [7, 11) is 0. The van der Waals surface area contributed by atoms with Gasteiger partial charge < -0.3 is 19.5 Å². The molecule has 2 aromatic rings. The first-order chi connectivity index (χ1) is 16.6. The molecule has 1 amide bonds. The Bertz CT molecular complexity index is 1100. The van der Waals surface area contributed by atoms with Crippen molar-refractivity contribution in [2.75, 3.05) is 26.2 Å². The first-order valence-corrected chi connectivity index (χ1v) is 11.9. The van der Waals surface area contributed by atoms with E-state index in [1.165, 1.54) is 12.1 Å². The predicted molar refractivity (Wildman–Crippen MR) is 123 cm³/mol. The smallest absolute Gasteiger partial charge is 0.493 e. The zero-order chi connectivity index (χ0) is 24.8. The molecule has 2 aromatic carbocycles. The van der Waals surface area contributed by atoms with Crippen molar-refractivity contribution in [1.82, 2.24) is 10.2 Å². The number of hydrogen-bond donors (Lipinski definition) is 1. The summed E-state index contributed by atoms with van der Waals surface area (Å²) in [6.07, 6.45) is -3.26. The fourth-order valence-corrected chi connectivity index (χ4v) is 5.36. The minimum Gasteiger partial charge on any atom is -0.493 e. The standard InChI is InChI=1S/C26H29F3N2O4/c1-25(2)15-33-21-13-17(18-5-3-4-6-20(18)35-26(27,28)29)7-8-19(21)23(25)30-24(32)34-22-14-31-11-9-16(22)10-12-31/h3-8,13,16,22-23H,9-12,14-15H2,1-2H3,(H,30,32)/t22-,23?/m1/s1. The summed E-state index contributed by atoms with van der Waals surface area (Å²) in [5.74, 6) is 0.630. The second-order valence-electron chi connectivity index (χ2n) is 10.2. The number of carbonyl (C=O) groups excluding carboxylic acids is 1. The molecule has 35 heavy (non-hydrogen) atoms. The van der Waals surface area contributed by atoms with Gasteiger partial charge in [0.25, 0.3) is 0 Å². The van der Waals surface area contributed by atoms with Gasteiger partial charge in [0.2, 0.25) is 0 Å². The minimum atomic E-state index is -4.80. The van der Waals surface area contributed by atoms with Gasteiger partial charge in [-0.3, -0.25) is 4.90 Å². The van der Waals surface area contributed by atoms with Crippen molar-refractivity contribution in [2.45, 2.75) is 45.2 Å². The molecule has 6 rings (SSSR count). The molecule has 6 nitrogen and oxygen atoms in total. The fourth-order valence-electron chi connectivity index (χ4n) is 5.36. The molecule has 3 fully saturated rings. The number of alkyl carbamates (subject to hydrolysis) is 1. The summed E-state index contributed by atoms with van der Waals surface area (Å²) < 4.78 is 54.7. The van der Waals surface area contributed by atoms with Gasteiger partial charge in [-0.15, -0.1) is 13.2 Å². The monoisotopic (exact) mass is 490 g/mol. The largest absolute Gasteiger partial charge is 0.573 e. The molecule has 1 N–H and O–H groups in total. The van der Waals surface area contributed by atoms with Crippen LogP contribution in [0.4, 0.5) is 18.0 Å². The predicted octanol–water partition coefficient (Wildman–Crippen LogP) is 5.53. The highest BCUT2D eigenvalue weighted by atomic mass is 19.4. The third-order valence-electron chi connectivity index (χ3n) is 7.25. The normalized spacial score (nSPS) is 26.9. The van der Waals surface area contributed by atoms with E-state index < -0.39 is 17.9 Å². The SMILES string of the molecule is CC1(C)COc2cc(-c3ccccc3OC(F)(F)F)ccc2C1NC(=O)O[C@@H]1CN2CCC1CC2. The highest BCUT2D eigenvalue weighted by Crippen LogP contribution is 2.45. The lowest BCUT2D eigenvalue weighted by molar-refractivity contribution is -0.274. The lowest BCUT2D eigenvalue weighted by Crippen LogP contribution is -2.53. The molecule has 0 saturated carbocycles. The molecule has 2 bridgehead atoms. The molecule has 9 heteroatoms. The van der Waals surface area contributed by atoms with Gasteiger partial charge in [-0.1, -0.05) is 44.2 Å². The average molecular weight is 491 g/mol. The lowest BCUT2D eigenvalue weighted by atomic mass is 9.78. The van der Waals surface area contributed by atoms with Crippen LogP contribution in [0.1, 0.15) is 38.3 Å². The van der Waals surface area contributed by atoms with Crippen molar-refractivity contribution in [2.24, 2.45) is 11.3 Å². The van der Waals surface area contributed by atoms with Crippen LogP contribution in [0.25, 0.3) is 11.1 Å². The number of para-hydroxylation sites is 1. The van der Waals surface area contributed by atoms with Crippen LogP contribution < -0.4 is 14.8 Å². The van der Waals surface area contributed by atoms with E-state index in [0.717, 1.165) is 38.0 Å². The van der Waals surface area contributed by atoms with Crippen LogP contribution in [0.3, 0.4) is 0 Å². The summed E-state index contributed by atoms with van der Waals surface area (Å²) in [6, 6.07) is 10.8. The Hall–Kier alpha value is -2.94. The number of alkyl halides is 3. The van der Waals surface area contributed by atoms with Gasteiger partial charge in [0.15, 0.2) is 0 Å². The quantitative estimate of drug-likeness (QED) is 0.611. The highest BCUT2D eigenvalue weighted by molar-refractivity contribution is 5.73. The number of halogens is 3. The number of amides is 1. The zero-order valence-corrected chi connectivity index (χ0v) is 19.7. The van der Waals surface area contributed by atoms with Crippen molar-refractivity contribution >= 4 is 6.09 Å². The fraction of sp³-hybridized carbons (Fsp3) is 0.500. The molecule has 188 valence electrons. The van der Waals surface area contributed by atoms with Gasteiger partial charge in [-0.05, 0) is 49.5 Å². The number of piperidine rings is 3. The summed E-state index contributed by atoms with van der Waals surface area (Å²) in [5.41, 5.74) is 1.16. The van der Waals surface area contributed by atoms with E-state index in [-0.39, 0.29) is 17.9 Å². The molecule has 4 aliphatic rings. The van der Waals surface area contributed by atoms with Crippen molar-refractivity contribution in [3.63, 3.8) is 0 Å². The Morgan fingerprint density at radius 3 is 2.57 bits per heavy atom. The first-order valence-electron chi connectivity index (χ1n) is 11.9. The van der Waals surface area contributed by atoms with Crippen LogP contribution in [0.15, 0.2) is 42.5 Å². The Morgan fingerprint density at radius 2 is 1.89 bits per heavy atom. The third kappa shape index (κ3) is 5.05. The number of carbonyl (C=O) groups is 1. The van der Waals surface area contributed by atoms with E-state index in [0.29, 0.717) is 29.4 Å². The molecule has 0 aromatic heterocycles. The average Bonchev–Trinajstić information content (AvgIpc) is 2.81. The minimum absolute atomic E-state index is 0.104. The first kappa shape index (κ1) is 23.8. The zero-order valence-electron chi connectivity index (χ0n) is 19.7. The summed E-state index contributed by atoms with van der Waals surface area (Å²) in [5, 5.41) is 3.04. The molecule has 4 aliphatic heterocycles. The number of rotatable bonds is 4. The molecule has 2 atom stereocenters. The van der Waals surface area contributed by atoms with Crippen LogP contribution in [0.2, 0.25) is 0 Å². The summed E-state index contributed by atoms with van der Waals surface area (Å²) in [6.45, 7) is 7.21. The van der Waals surface area contributed by atoms with Crippen molar-refractivity contribution in [1.29, 1.82) is 0 Å². The van der Waals surface area contributed by atoms with E-state index in [9.17, 15) is 18.0 Å². The lowest BCUT2D eigenvalue weighted by Gasteiger charge is -2.44. The maximum Gasteiger partial charge on any atom is 0.573 e. The number of nitrogens with one attached hydrogen (secondary N) is 1. The summed E-state index contributed by atoms with van der Waals surface area (Å²) in [4.78, 5) is 15.2. The molecule has 0 radical (unpaired) electrons. The molecule has 0 aliphatic carbocycles. The molecule has 0 spiro atoms. The third-order valence-corrected chi connectivity index (χ3v) is 7.25. The van der Waals surface area contributed by atoms with Crippen molar-refractivity contribution in [3.05, 3.63) is 48.0 Å². The van der Waals surface area contributed by atoms with E-state index in [4.69, 9.17) is 9.47 Å². The van der Waals surface area contributed by atoms with Crippen LogP contribution in [-0.4, -0.2) is 49.7 Å². The number of hydrogen-bond acceptors (Lipinski definition) is 5. The van der Waals surface area contributed by atoms with Gasteiger partial charge >= 0.3 is 12.5 Å². The number of ether oxygens (including phenoxy) is 3. The van der Waals surface area contributed by atoms with E-state index in [2.05, 4.69) is 15.0 Å². The number of nitrogens with zero attached hydrogens (tertiary/aromatic N) is 1. The van der Waals surface area contributed by atoms with Crippen LogP contribution in [0, 0.1) is 11.3 Å². The molecular formula is C26H29F3N2O4. The maximum atomic E-state index is 12.9. The second-order valence-corrected chi connectivity index (χ2v) is 10.2. The highest BCUT2D eigenvalue weighted by Gasteiger charge is 2.41. The van der Waals surface area contributed by atoms with Gasteiger partial charge in [0.05, 0.1) is 12.6 Å². The molecule has 1 unspecified atom stereocenters. The Kier molecular flexibility index (Phi) is 6.07. The van der Waals surface area contributed by atoms with Crippen LogP contribution in [-0.2, 0) is 4.74 Å². The topological polar surface area (TPSA) is 60.0 Å². The maximum absolute atomic E-state index is 12.9. The molecule has 4 heterocycles. The van der Waals surface area contributed by atoms with Gasteiger partial charge in [-0.25, -0.2) is 4.79 Å². The van der Waals surface area contributed by atoms with Gasteiger partial charge in [0.1, 0.15) is 17.6 Å².